The van der Waals surface area contributed by atoms with E-state index in [1.165, 1.54) is 12.4 Å². The molecule has 0 fully saturated rings. The standard InChI is InChI=1S/C11H12BrN5OS/c1-17(5-8-2-7(12)6-19-8)11(18)9-3-15-10(16-13)4-14-9/h2-4,6H,5,13H2,1H3,(H,15,16). The lowest BCUT2D eigenvalue weighted by atomic mass is 10.3. The maximum atomic E-state index is 12.1. The van der Waals surface area contributed by atoms with Crippen LogP contribution in [-0.4, -0.2) is 27.8 Å². The zero-order valence-corrected chi connectivity index (χ0v) is 12.5. The Morgan fingerprint density at radius 1 is 1.53 bits per heavy atom. The lowest BCUT2D eigenvalue weighted by molar-refractivity contribution is 0.0780. The third kappa shape index (κ3) is 3.49. The summed E-state index contributed by atoms with van der Waals surface area (Å²) in [5.74, 6) is 5.43. The highest BCUT2D eigenvalue weighted by Crippen LogP contribution is 2.21. The first-order valence-corrected chi connectivity index (χ1v) is 7.04. The molecule has 0 aliphatic rings. The van der Waals surface area contributed by atoms with Crippen LogP contribution in [0.5, 0.6) is 0 Å². The average Bonchev–Trinajstić information content (AvgIpc) is 2.83. The lowest BCUT2D eigenvalue weighted by Crippen LogP contribution is -2.27. The molecule has 8 heteroatoms. The van der Waals surface area contributed by atoms with Gasteiger partial charge in [0.25, 0.3) is 5.91 Å². The van der Waals surface area contributed by atoms with Gasteiger partial charge < -0.3 is 10.3 Å². The molecule has 0 bridgehead atoms. The number of carbonyl (C=O) groups excluding carboxylic acids is 1. The second-order valence-corrected chi connectivity index (χ2v) is 5.74. The Hall–Kier alpha value is -1.51. The monoisotopic (exact) mass is 341 g/mol. The molecule has 0 aliphatic heterocycles. The number of aromatic nitrogens is 2. The van der Waals surface area contributed by atoms with Crippen molar-refractivity contribution in [3.63, 3.8) is 0 Å². The van der Waals surface area contributed by atoms with Gasteiger partial charge in [0.1, 0.15) is 5.69 Å². The Kier molecular flexibility index (Phi) is 4.46. The van der Waals surface area contributed by atoms with Gasteiger partial charge in [-0.15, -0.1) is 11.3 Å². The quantitative estimate of drug-likeness (QED) is 0.654. The number of anilines is 1. The summed E-state index contributed by atoms with van der Waals surface area (Å²) in [6, 6.07) is 1.99. The normalized spacial score (nSPS) is 10.3. The molecule has 0 aromatic carbocycles. The number of hydrogen-bond acceptors (Lipinski definition) is 6. The summed E-state index contributed by atoms with van der Waals surface area (Å²) in [5, 5.41) is 1.98. The van der Waals surface area contributed by atoms with Crippen LogP contribution in [0.1, 0.15) is 15.4 Å². The molecule has 19 heavy (non-hydrogen) atoms. The molecule has 0 saturated carbocycles. The molecule has 2 heterocycles. The number of hydrazine groups is 1. The average molecular weight is 342 g/mol. The van der Waals surface area contributed by atoms with Gasteiger partial charge in [-0.3, -0.25) is 4.79 Å². The van der Waals surface area contributed by atoms with E-state index in [2.05, 4.69) is 31.3 Å². The van der Waals surface area contributed by atoms with E-state index in [9.17, 15) is 4.79 Å². The summed E-state index contributed by atoms with van der Waals surface area (Å²) in [6.45, 7) is 0.535. The van der Waals surface area contributed by atoms with Crippen molar-refractivity contribution in [2.75, 3.05) is 12.5 Å². The van der Waals surface area contributed by atoms with E-state index in [1.54, 1.807) is 23.3 Å². The van der Waals surface area contributed by atoms with E-state index in [4.69, 9.17) is 5.84 Å². The summed E-state index contributed by atoms with van der Waals surface area (Å²) < 4.78 is 1.02. The molecule has 2 aromatic rings. The predicted molar refractivity (Wildman–Crippen MR) is 77.7 cm³/mol. The van der Waals surface area contributed by atoms with Crippen LogP contribution in [0.2, 0.25) is 0 Å². The molecule has 3 N–H and O–H groups in total. The molecule has 0 aliphatic carbocycles. The number of nitrogens with zero attached hydrogens (tertiary/aromatic N) is 3. The van der Waals surface area contributed by atoms with Crippen LogP contribution >= 0.6 is 27.3 Å². The third-order valence-electron chi connectivity index (χ3n) is 2.38. The molecule has 100 valence electrons. The largest absolute Gasteiger partial charge is 0.335 e. The smallest absolute Gasteiger partial charge is 0.274 e. The number of nitrogens with two attached hydrogens (primary N) is 1. The molecular weight excluding hydrogens is 330 g/mol. The minimum Gasteiger partial charge on any atom is -0.335 e. The van der Waals surface area contributed by atoms with Gasteiger partial charge in [0.15, 0.2) is 5.82 Å². The predicted octanol–water partition coefficient (Wildman–Crippen LogP) is 1.86. The van der Waals surface area contributed by atoms with Crippen molar-refractivity contribution in [1.82, 2.24) is 14.9 Å². The van der Waals surface area contributed by atoms with Gasteiger partial charge in [-0.1, -0.05) is 0 Å². The molecule has 0 atom stereocenters. The summed E-state index contributed by atoms with van der Waals surface area (Å²) >= 11 is 4.98. The van der Waals surface area contributed by atoms with Crippen LogP contribution in [0.4, 0.5) is 5.82 Å². The van der Waals surface area contributed by atoms with Crippen molar-refractivity contribution < 1.29 is 4.79 Å². The summed E-state index contributed by atoms with van der Waals surface area (Å²) in [7, 11) is 1.73. The van der Waals surface area contributed by atoms with E-state index < -0.39 is 0 Å². The van der Waals surface area contributed by atoms with Crippen molar-refractivity contribution in [1.29, 1.82) is 0 Å². The molecule has 1 amide bonds. The summed E-state index contributed by atoms with van der Waals surface area (Å²) in [4.78, 5) is 22.8. The number of halogens is 1. The molecule has 0 radical (unpaired) electrons. The van der Waals surface area contributed by atoms with Crippen LogP contribution in [0.25, 0.3) is 0 Å². The van der Waals surface area contributed by atoms with Gasteiger partial charge in [-0.25, -0.2) is 15.8 Å². The van der Waals surface area contributed by atoms with E-state index in [-0.39, 0.29) is 11.6 Å². The molecule has 0 saturated heterocycles. The van der Waals surface area contributed by atoms with Crippen LogP contribution in [0, 0.1) is 0 Å². The fourth-order valence-electron chi connectivity index (χ4n) is 1.45. The third-order valence-corrected chi connectivity index (χ3v) is 4.06. The molecule has 2 rings (SSSR count). The second-order valence-electron chi connectivity index (χ2n) is 3.82. The number of nitrogens with one attached hydrogen (secondary N) is 1. The van der Waals surface area contributed by atoms with Crippen molar-refractivity contribution in [2.45, 2.75) is 6.54 Å². The molecule has 6 nitrogen and oxygen atoms in total. The number of amides is 1. The molecule has 0 spiro atoms. The molecular formula is C11H12BrN5OS. The first-order valence-electron chi connectivity index (χ1n) is 5.37. The fraction of sp³-hybridized carbons (Fsp3) is 0.182. The number of nitrogen functional groups attached to an aromatic ring is 1. The number of hydrogen-bond donors (Lipinski definition) is 2. The van der Waals surface area contributed by atoms with Crippen LogP contribution in [0.3, 0.4) is 0 Å². The minimum absolute atomic E-state index is 0.180. The first kappa shape index (κ1) is 13.9. The Labute approximate surface area is 122 Å². The van der Waals surface area contributed by atoms with Crippen molar-refractivity contribution in [3.05, 3.63) is 38.9 Å². The maximum Gasteiger partial charge on any atom is 0.274 e. The number of rotatable bonds is 4. The summed E-state index contributed by atoms with van der Waals surface area (Å²) in [6.07, 6.45) is 2.82. The summed E-state index contributed by atoms with van der Waals surface area (Å²) in [5.41, 5.74) is 2.65. The van der Waals surface area contributed by atoms with Crippen molar-refractivity contribution >= 4 is 39.0 Å². The van der Waals surface area contributed by atoms with Gasteiger partial charge in [0.05, 0.1) is 18.9 Å². The Morgan fingerprint density at radius 3 is 2.84 bits per heavy atom. The van der Waals surface area contributed by atoms with E-state index in [0.29, 0.717) is 12.4 Å². The van der Waals surface area contributed by atoms with Gasteiger partial charge in [0.2, 0.25) is 0 Å². The van der Waals surface area contributed by atoms with Gasteiger partial charge in [-0.2, -0.15) is 0 Å². The van der Waals surface area contributed by atoms with Crippen molar-refractivity contribution in [2.24, 2.45) is 5.84 Å². The zero-order valence-electron chi connectivity index (χ0n) is 10.1. The maximum absolute atomic E-state index is 12.1. The topological polar surface area (TPSA) is 84.1 Å². The highest BCUT2D eigenvalue weighted by Gasteiger charge is 2.14. The van der Waals surface area contributed by atoms with Gasteiger partial charge >= 0.3 is 0 Å². The fourth-order valence-corrected chi connectivity index (χ4v) is 2.95. The molecule has 0 unspecified atom stereocenters. The highest BCUT2D eigenvalue weighted by molar-refractivity contribution is 9.10. The lowest BCUT2D eigenvalue weighted by Gasteiger charge is -2.15. The van der Waals surface area contributed by atoms with Crippen LogP contribution in [0.15, 0.2) is 28.3 Å². The van der Waals surface area contributed by atoms with Gasteiger partial charge in [0, 0.05) is 21.8 Å². The van der Waals surface area contributed by atoms with Crippen LogP contribution < -0.4 is 11.3 Å². The Bertz CT molecular complexity index is 571. The van der Waals surface area contributed by atoms with Gasteiger partial charge in [-0.05, 0) is 22.0 Å². The number of thiophene rings is 1. The van der Waals surface area contributed by atoms with E-state index >= 15 is 0 Å². The van der Waals surface area contributed by atoms with E-state index in [0.717, 1.165) is 9.35 Å². The van der Waals surface area contributed by atoms with Crippen molar-refractivity contribution in [3.8, 4) is 0 Å². The number of carbonyl (C=O) groups is 1. The second kappa shape index (κ2) is 6.09. The SMILES string of the molecule is CN(Cc1cc(Br)cs1)C(=O)c1cnc(NN)cn1. The van der Waals surface area contributed by atoms with E-state index in [1.807, 2.05) is 11.4 Å². The Balaban J connectivity index is 2.05. The van der Waals surface area contributed by atoms with Crippen LogP contribution in [-0.2, 0) is 6.54 Å². The highest BCUT2D eigenvalue weighted by atomic mass is 79.9. The first-order chi connectivity index (χ1) is 9.10. The Morgan fingerprint density at radius 2 is 2.32 bits per heavy atom. The minimum atomic E-state index is -0.180. The zero-order chi connectivity index (χ0) is 13.8. The molecule has 2 aromatic heterocycles.